The number of benzene rings is 2. The lowest BCUT2D eigenvalue weighted by molar-refractivity contribution is -0.118. The number of thioether (sulfide) groups is 1. The molecule has 33 heavy (non-hydrogen) atoms. The van der Waals surface area contributed by atoms with E-state index in [0.29, 0.717) is 23.1 Å². The molecule has 6 nitrogen and oxygen atoms in total. The van der Waals surface area contributed by atoms with Gasteiger partial charge in [-0.1, -0.05) is 30.0 Å². The molecule has 2 heterocycles. The van der Waals surface area contributed by atoms with E-state index in [1.54, 1.807) is 31.5 Å². The fourth-order valence-electron chi connectivity index (χ4n) is 3.35. The summed E-state index contributed by atoms with van der Waals surface area (Å²) < 4.78 is 15.4. The second kappa shape index (κ2) is 9.95. The first-order valence-corrected chi connectivity index (χ1v) is 11.5. The molecule has 0 aliphatic carbocycles. The van der Waals surface area contributed by atoms with E-state index in [1.165, 1.54) is 23.4 Å². The molecule has 168 valence electrons. The normalized spacial score (nSPS) is 10.9. The molecule has 0 saturated heterocycles. The number of hydrogen-bond acceptors (Lipinski definition) is 5. The Bertz CT molecular complexity index is 1290. The third kappa shape index (κ3) is 5.28. The summed E-state index contributed by atoms with van der Waals surface area (Å²) in [6.07, 6.45) is 3.43. The van der Waals surface area contributed by atoms with Gasteiger partial charge < -0.3 is 5.32 Å². The predicted molar refractivity (Wildman–Crippen MR) is 128 cm³/mol. The number of hydrogen-bond donors (Lipinski definition) is 1. The molecule has 0 unspecified atom stereocenters. The Morgan fingerprint density at radius 1 is 0.970 bits per heavy atom. The third-order valence-electron chi connectivity index (χ3n) is 5.36. The smallest absolute Gasteiger partial charge is 0.230 e. The summed E-state index contributed by atoms with van der Waals surface area (Å²) >= 11 is 1.32. The molecule has 0 spiro atoms. The number of halogens is 1. The number of aryl methyl sites for hydroxylation is 3. The summed E-state index contributed by atoms with van der Waals surface area (Å²) in [6, 6.07) is 14.8. The quantitative estimate of drug-likeness (QED) is 0.400. The van der Waals surface area contributed by atoms with Crippen molar-refractivity contribution < 1.29 is 9.18 Å². The topological polar surface area (TPSA) is 72.7 Å². The number of rotatable bonds is 7. The molecule has 2 aromatic carbocycles. The van der Waals surface area contributed by atoms with Crippen LogP contribution in [0.15, 0.2) is 66.1 Å². The van der Waals surface area contributed by atoms with Gasteiger partial charge in [0.2, 0.25) is 5.91 Å². The van der Waals surface area contributed by atoms with E-state index in [2.05, 4.69) is 46.5 Å². The highest BCUT2D eigenvalue weighted by atomic mass is 32.2. The van der Waals surface area contributed by atoms with Gasteiger partial charge in [0.05, 0.1) is 11.4 Å². The minimum atomic E-state index is -0.253. The van der Waals surface area contributed by atoms with Crippen LogP contribution in [0.4, 0.5) is 4.39 Å². The predicted octanol–water partition coefficient (Wildman–Crippen LogP) is 4.80. The first-order valence-electron chi connectivity index (χ1n) is 10.5. The lowest BCUT2D eigenvalue weighted by Crippen LogP contribution is -2.24. The zero-order valence-corrected chi connectivity index (χ0v) is 19.5. The molecule has 0 radical (unpaired) electrons. The molecule has 1 N–H and O–H groups in total. The molecule has 0 bridgehead atoms. The van der Waals surface area contributed by atoms with Crippen molar-refractivity contribution in [1.29, 1.82) is 0 Å². The molecule has 0 atom stereocenters. The number of amides is 1. The largest absolute Gasteiger partial charge is 0.351 e. The minimum Gasteiger partial charge on any atom is -0.351 e. The van der Waals surface area contributed by atoms with Gasteiger partial charge in [-0.25, -0.2) is 4.39 Å². The van der Waals surface area contributed by atoms with Crippen molar-refractivity contribution in [2.24, 2.45) is 0 Å². The molecule has 0 aliphatic heterocycles. The summed E-state index contributed by atoms with van der Waals surface area (Å²) in [5.74, 6) is 0.475. The number of nitrogens with zero attached hydrogens (tertiary/aromatic N) is 4. The standard InChI is InChI=1S/C25H24FN5OS/c1-16-4-6-21(13-17(16)2)31-24(20-8-10-27-11-9-20)29-30-25(31)33-15-23(32)28-14-19-5-7-22(26)18(3)12-19/h4-13H,14-15H2,1-3H3,(H,28,32). The van der Waals surface area contributed by atoms with Gasteiger partial charge in [0, 0.05) is 24.5 Å². The maximum atomic E-state index is 13.4. The highest BCUT2D eigenvalue weighted by Crippen LogP contribution is 2.28. The van der Waals surface area contributed by atoms with Gasteiger partial charge >= 0.3 is 0 Å². The van der Waals surface area contributed by atoms with E-state index < -0.39 is 0 Å². The highest BCUT2D eigenvalue weighted by molar-refractivity contribution is 7.99. The molecule has 2 aromatic heterocycles. The van der Waals surface area contributed by atoms with Crippen molar-refractivity contribution in [2.75, 3.05) is 5.75 Å². The summed E-state index contributed by atoms with van der Waals surface area (Å²) in [7, 11) is 0. The Labute approximate surface area is 196 Å². The van der Waals surface area contributed by atoms with Crippen molar-refractivity contribution in [3.05, 3.63) is 89.0 Å². The van der Waals surface area contributed by atoms with E-state index in [4.69, 9.17) is 0 Å². The second-order valence-corrected chi connectivity index (χ2v) is 8.74. The van der Waals surface area contributed by atoms with Crippen LogP contribution in [0.2, 0.25) is 0 Å². The monoisotopic (exact) mass is 461 g/mol. The summed E-state index contributed by atoms with van der Waals surface area (Å²) in [5, 5.41) is 12.3. The molecule has 4 aromatic rings. The number of carbonyl (C=O) groups excluding carboxylic acids is 1. The van der Waals surface area contributed by atoms with Gasteiger partial charge in [-0.3, -0.25) is 14.3 Å². The Morgan fingerprint density at radius 2 is 1.76 bits per heavy atom. The average Bonchev–Trinajstić information content (AvgIpc) is 3.25. The third-order valence-corrected chi connectivity index (χ3v) is 6.29. The first kappa shape index (κ1) is 22.7. The van der Waals surface area contributed by atoms with Crippen LogP contribution in [0.5, 0.6) is 0 Å². The van der Waals surface area contributed by atoms with Crippen LogP contribution in [-0.4, -0.2) is 31.4 Å². The summed E-state index contributed by atoms with van der Waals surface area (Å²) in [4.78, 5) is 16.6. The van der Waals surface area contributed by atoms with Crippen LogP contribution in [0, 0.1) is 26.6 Å². The van der Waals surface area contributed by atoms with Gasteiger partial charge in [-0.15, -0.1) is 10.2 Å². The Kier molecular flexibility index (Phi) is 6.84. The van der Waals surface area contributed by atoms with Gasteiger partial charge in [-0.2, -0.15) is 0 Å². The van der Waals surface area contributed by atoms with Gasteiger partial charge in [-0.05, 0) is 73.4 Å². The Morgan fingerprint density at radius 3 is 2.48 bits per heavy atom. The zero-order chi connectivity index (χ0) is 23.4. The number of pyridine rings is 1. The van der Waals surface area contributed by atoms with E-state index in [0.717, 1.165) is 22.4 Å². The fraction of sp³-hybridized carbons (Fsp3) is 0.200. The Hall–Kier alpha value is -3.52. The Balaban J connectivity index is 1.53. The lowest BCUT2D eigenvalue weighted by Gasteiger charge is -2.12. The number of aromatic nitrogens is 4. The molecular formula is C25H24FN5OS. The van der Waals surface area contributed by atoms with E-state index in [1.807, 2.05) is 22.8 Å². The summed E-state index contributed by atoms with van der Waals surface area (Å²) in [6.45, 7) is 6.17. The molecule has 1 amide bonds. The summed E-state index contributed by atoms with van der Waals surface area (Å²) in [5.41, 5.74) is 5.58. The van der Waals surface area contributed by atoms with E-state index in [9.17, 15) is 9.18 Å². The maximum Gasteiger partial charge on any atom is 0.230 e. The highest BCUT2D eigenvalue weighted by Gasteiger charge is 2.18. The van der Waals surface area contributed by atoms with Crippen LogP contribution in [-0.2, 0) is 11.3 Å². The lowest BCUT2D eigenvalue weighted by atomic mass is 10.1. The van der Waals surface area contributed by atoms with Crippen LogP contribution in [0.25, 0.3) is 17.1 Å². The van der Waals surface area contributed by atoms with Crippen LogP contribution in [0.3, 0.4) is 0 Å². The average molecular weight is 462 g/mol. The van der Waals surface area contributed by atoms with Gasteiger partial charge in [0.15, 0.2) is 11.0 Å². The van der Waals surface area contributed by atoms with Crippen molar-refractivity contribution >= 4 is 17.7 Å². The second-order valence-electron chi connectivity index (χ2n) is 7.79. The maximum absolute atomic E-state index is 13.4. The van der Waals surface area contributed by atoms with Crippen molar-refractivity contribution in [3.63, 3.8) is 0 Å². The van der Waals surface area contributed by atoms with Gasteiger partial charge in [0.1, 0.15) is 5.82 Å². The van der Waals surface area contributed by atoms with Gasteiger partial charge in [0.25, 0.3) is 0 Å². The molecule has 0 fully saturated rings. The van der Waals surface area contributed by atoms with E-state index in [-0.39, 0.29) is 17.5 Å². The SMILES string of the molecule is Cc1ccc(-n2c(SCC(=O)NCc3ccc(F)c(C)c3)nnc2-c2ccncc2)cc1C. The molecular weight excluding hydrogens is 437 g/mol. The van der Waals surface area contributed by atoms with Crippen molar-refractivity contribution in [2.45, 2.75) is 32.5 Å². The fourth-order valence-corrected chi connectivity index (χ4v) is 4.13. The van der Waals surface area contributed by atoms with Crippen LogP contribution in [0.1, 0.15) is 22.3 Å². The van der Waals surface area contributed by atoms with Crippen molar-refractivity contribution in [1.82, 2.24) is 25.1 Å². The van der Waals surface area contributed by atoms with Crippen LogP contribution >= 0.6 is 11.8 Å². The minimum absolute atomic E-state index is 0.137. The van der Waals surface area contributed by atoms with Crippen molar-refractivity contribution in [3.8, 4) is 17.1 Å². The number of carbonyl (C=O) groups is 1. The molecule has 0 saturated carbocycles. The van der Waals surface area contributed by atoms with E-state index >= 15 is 0 Å². The first-order chi connectivity index (χ1) is 15.9. The molecule has 0 aliphatic rings. The molecule has 4 rings (SSSR count). The zero-order valence-electron chi connectivity index (χ0n) is 18.7. The van der Waals surface area contributed by atoms with Crippen LogP contribution < -0.4 is 5.32 Å². The number of nitrogens with one attached hydrogen (secondary N) is 1. The molecule has 8 heteroatoms.